The van der Waals surface area contributed by atoms with Crippen molar-refractivity contribution in [3.63, 3.8) is 0 Å². The molecule has 9 heteroatoms. The van der Waals surface area contributed by atoms with Gasteiger partial charge in [0.2, 0.25) is 10.0 Å². The molecule has 1 aromatic heterocycles. The van der Waals surface area contributed by atoms with Gasteiger partial charge in [0.1, 0.15) is 5.02 Å². The summed E-state index contributed by atoms with van der Waals surface area (Å²) in [7, 11) is -3.86. The van der Waals surface area contributed by atoms with Crippen LogP contribution in [0.25, 0.3) is 10.9 Å². The summed E-state index contributed by atoms with van der Waals surface area (Å²) in [5.74, 6) is 0. The van der Waals surface area contributed by atoms with E-state index in [0.717, 1.165) is 22.5 Å². The van der Waals surface area contributed by atoms with Gasteiger partial charge in [-0.15, -0.1) is 0 Å². The number of aromatic nitrogens is 1. The third kappa shape index (κ3) is 3.65. The average molecular weight is 380 g/mol. The van der Waals surface area contributed by atoms with Crippen molar-refractivity contribution in [3.8, 4) is 0 Å². The largest absolute Gasteiger partial charge is 0.361 e. The van der Waals surface area contributed by atoms with E-state index in [9.17, 15) is 18.5 Å². The van der Waals surface area contributed by atoms with Crippen LogP contribution < -0.4 is 4.72 Å². The maximum atomic E-state index is 12.3. The summed E-state index contributed by atoms with van der Waals surface area (Å²) in [6, 6.07) is 11.1. The van der Waals surface area contributed by atoms with Gasteiger partial charge in [0, 0.05) is 29.7 Å². The molecule has 0 saturated heterocycles. The zero-order valence-corrected chi connectivity index (χ0v) is 14.5. The second-order valence-electron chi connectivity index (χ2n) is 5.38. The Labute approximate surface area is 148 Å². The van der Waals surface area contributed by atoms with Gasteiger partial charge in [0.25, 0.3) is 5.69 Å². The van der Waals surface area contributed by atoms with Crippen molar-refractivity contribution < 1.29 is 13.3 Å². The Morgan fingerprint density at radius 2 is 1.96 bits per heavy atom. The van der Waals surface area contributed by atoms with E-state index in [4.69, 9.17) is 11.6 Å². The monoisotopic (exact) mass is 379 g/mol. The summed E-state index contributed by atoms with van der Waals surface area (Å²) in [4.78, 5) is 13.1. The van der Waals surface area contributed by atoms with Crippen LogP contribution in [0.15, 0.2) is 53.6 Å². The van der Waals surface area contributed by atoms with Crippen LogP contribution in [-0.2, 0) is 16.4 Å². The molecule has 0 fully saturated rings. The van der Waals surface area contributed by atoms with Gasteiger partial charge in [-0.05, 0) is 30.2 Å². The van der Waals surface area contributed by atoms with Crippen molar-refractivity contribution in [2.75, 3.05) is 6.54 Å². The number of nitro groups is 1. The second-order valence-corrected chi connectivity index (χ2v) is 7.55. The summed E-state index contributed by atoms with van der Waals surface area (Å²) in [6.07, 6.45) is 2.32. The number of nitro benzene ring substituents is 1. The minimum atomic E-state index is -3.86. The highest BCUT2D eigenvalue weighted by Crippen LogP contribution is 2.27. The topological polar surface area (TPSA) is 105 Å². The van der Waals surface area contributed by atoms with E-state index >= 15 is 0 Å². The van der Waals surface area contributed by atoms with E-state index in [0.29, 0.717) is 6.42 Å². The van der Waals surface area contributed by atoms with Crippen LogP contribution in [0.1, 0.15) is 5.56 Å². The molecule has 0 amide bonds. The molecule has 130 valence electrons. The van der Waals surface area contributed by atoms with Gasteiger partial charge in [-0.25, -0.2) is 13.1 Å². The summed E-state index contributed by atoms with van der Waals surface area (Å²) >= 11 is 5.71. The molecular weight excluding hydrogens is 366 g/mol. The third-order valence-corrected chi connectivity index (χ3v) is 5.56. The number of rotatable bonds is 6. The molecule has 0 aliphatic carbocycles. The molecular formula is C16H14ClN3O4S. The fourth-order valence-corrected chi connectivity index (χ4v) is 3.78. The zero-order valence-electron chi connectivity index (χ0n) is 12.9. The van der Waals surface area contributed by atoms with Gasteiger partial charge in [-0.3, -0.25) is 10.1 Å². The van der Waals surface area contributed by atoms with Gasteiger partial charge in [-0.1, -0.05) is 29.8 Å². The lowest BCUT2D eigenvalue weighted by Crippen LogP contribution is -2.26. The Bertz CT molecular complexity index is 1050. The van der Waals surface area contributed by atoms with Crippen molar-refractivity contribution in [1.82, 2.24) is 9.71 Å². The Morgan fingerprint density at radius 3 is 2.72 bits per heavy atom. The summed E-state index contributed by atoms with van der Waals surface area (Å²) in [5, 5.41) is 11.8. The van der Waals surface area contributed by atoms with Crippen molar-refractivity contribution in [2.24, 2.45) is 0 Å². The Kier molecular flexibility index (Phi) is 4.76. The molecule has 2 aromatic carbocycles. The van der Waals surface area contributed by atoms with Crippen molar-refractivity contribution in [3.05, 3.63) is 69.4 Å². The van der Waals surface area contributed by atoms with Crippen LogP contribution in [-0.4, -0.2) is 24.9 Å². The van der Waals surface area contributed by atoms with E-state index < -0.39 is 20.6 Å². The number of nitrogens with one attached hydrogen (secondary N) is 2. The number of benzene rings is 2. The van der Waals surface area contributed by atoms with E-state index in [1.807, 2.05) is 30.5 Å². The number of sulfonamides is 1. The van der Waals surface area contributed by atoms with Crippen molar-refractivity contribution in [2.45, 2.75) is 11.3 Å². The van der Waals surface area contributed by atoms with Crippen LogP contribution in [0.3, 0.4) is 0 Å². The Hall–Kier alpha value is -2.42. The highest BCUT2D eigenvalue weighted by molar-refractivity contribution is 7.89. The van der Waals surface area contributed by atoms with Crippen LogP contribution >= 0.6 is 11.6 Å². The van der Waals surface area contributed by atoms with E-state index in [2.05, 4.69) is 9.71 Å². The number of hydrogen-bond donors (Lipinski definition) is 2. The summed E-state index contributed by atoms with van der Waals surface area (Å²) in [5.41, 5.74) is 1.52. The smallest absolute Gasteiger partial charge is 0.289 e. The third-order valence-electron chi connectivity index (χ3n) is 3.79. The lowest BCUT2D eigenvalue weighted by atomic mass is 10.1. The van der Waals surface area contributed by atoms with Crippen LogP contribution in [0.2, 0.25) is 5.02 Å². The Morgan fingerprint density at radius 1 is 1.20 bits per heavy atom. The quantitative estimate of drug-likeness (QED) is 0.506. The summed E-state index contributed by atoms with van der Waals surface area (Å²) < 4.78 is 27.1. The Balaban J connectivity index is 1.74. The zero-order chi connectivity index (χ0) is 18.0. The van der Waals surface area contributed by atoms with Crippen LogP contribution in [0.4, 0.5) is 5.69 Å². The molecule has 0 aliphatic rings. The average Bonchev–Trinajstić information content (AvgIpc) is 2.98. The van der Waals surface area contributed by atoms with Crippen LogP contribution in [0, 0.1) is 10.1 Å². The molecule has 3 aromatic rings. The highest BCUT2D eigenvalue weighted by Gasteiger charge is 2.20. The van der Waals surface area contributed by atoms with Gasteiger partial charge in [0.15, 0.2) is 0 Å². The van der Waals surface area contributed by atoms with Gasteiger partial charge < -0.3 is 4.98 Å². The molecule has 0 aliphatic heterocycles. The van der Waals surface area contributed by atoms with Gasteiger partial charge in [0.05, 0.1) is 9.82 Å². The van der Waals surface area contributed by atoms with E-state index in [-0.39, 0.29) is 16.5 Å². The number of fused-ring (bicyclic) bond motifs is 1. The van der Waals surface area contributed by atoms with E-state index in [1.165, 1.54) is 12.1 Å². The molecule has 0 atom stereocenters. The number of para-hydroxylation sites is 1. The molecule has 2 N–H and O–H groups in total. The standard InChI is InChI=1S/C16H14ClN3O4S/c17-14-6-5-12(9-16(14)20(21)22)25(23,24)19-8-7-11-10-18-15-4-2-1-3-13(11)15/h1-6,9-10,18-19H,7-8H2. The first kappa shape index (κ1) is 17.4. The molecule has 7 nitrogen and oxygen atoms in total. The number of halogens is 1. The number of aromatic amines is 1. The first-order valence-corrected chi connectivity index (χ1v) is 9.23. The molecule has 0 saturated carbocycles. The maximum absolute atomic E-state index is 12.3. The molecule has 0 bridgehead atoms. The SMILES string of the molecule is O=[N+]([O-])c1cc(S(=O)(=O)NCCc2c[nH]c3ccccc23)ccc1Cl. The van der Waals surface area contributed by atoms with Crippen molar-refractivity contribution in [1.29, 1.82) is 0 Å². The fraction of sp³-hybridized carbons (Fsp3) is 0.125. The first-order valence-electron chi connectivity index (χ1n) is 7.37. The predicted molar refractivity (Wildman–Crippen MR) is 95.3 cm³/mol. The minimum absolute atomic E-state index is 0.109. The number of hydrogen-bond acceptors (Lipinski definition) is 4. The summed E-state index contributed by atoms with van der Waals surface area (Å²) in [6.45, 7) is 0.167. The molecule has 0 radical (unpaired) electrons. The minimum Gasteiger partial charge on any atom is -0.361 e. The molecule has 0 unspecified atom stereocenters. The van der Waals surface area contributed by atoms with Gasteiger partial charge in [-0.2, -0.15) is 0 Å². The predicted octanol–water partition coefficient (Wildman–Crippen LogP) is 3.25. The van der Waals surface area contributed by atoms with Crippen molar-refractivity contribution >= 4 is 38.2 Å². The lowest BCUT2D eigenvalue weighted by Gasteiger charge is -2.07. The molecule has 1 heterocycles. The fourth-order valence-electron chi connectivity index (χ4n) is 2.54. The van der Waals surface area contributed by atoms with Crippen LogP contribution in [0.5, 0.6) is 0 Å². The molecule has 25 heavy (non-hydrogen) atoms. The second kappa shape index (κ2) is 6.83. The highest BCUT2D eigenvalue weighted by atomic mass is 35.5. The first-order chi connectivity index (χ1) is 11.9. The van der Waals surface area contributed by atoms with E-state index in [1.54, 1.807) is 0 Å². The lowest BCUT2D eigenvalue weighted by molar-refractivity contribution is -0.384. The normalized spacial score (nSPS) is 11.7. The molecule has 3 rings (SSSR count). The maximum Gasteiger partial charge on any atom is 0.289 e. The molecule has 0 spiro atoms. The number of nitrogens with zero attached hydrogens (tertiary/aromatic N) is 1. The van der Waals surface area contributed by atoms with Gasteiger partial charge >= 0.3 is 0 Å². The number of H-pyrrole nitrogens is 1.